The van der Waals surface area contributed by atoms with Gasteiger partial charge in [0.05, 0.1) is 0 Å². The summed E-state index contributed by atoms with van der Waals surface area (Å²) in [5, 5.41) is 5.76. The molecule has 3 rings (SSSR count). The van der Waals surface area contributed by atoms with E-state index < -0.39 is 6.10 Å². The number of carbonyl (C=O) groups is 1. The van der Waals surface area contributed by atoms with Gasteiger partial charge in [0.25, 0.3) is 5.91 Å². The summed E-state index contributed by atoms with van der Waals surface area (Å²) in [5.41, 5.74) is 0.960. The lowest BCUT2D eigenvalue weighted by Gasteiger charge is -2.09. The first-order chi connectivity index (χ1) is 8.72. The maximum Gasteiger partial charge on any atom is 0.267 e. The van der Waals surface area contributed by atoms with E-state index >= 15 is 0 Å². The van der Waals surface area contributed by atoms with Gasteiger partial charge in [-0.25, -0.2) is 4.98 Å². The Balaban J connectivity index is 1.72. The van der Waals surface area contributed by atoms with E-state index in [1.807, 2.05) is 6.07 Å². The molecule has 0 saturated carbocycles. The number of halogens is 1. The average Bonchev–Trinajstić information content (AvgIpc) is 2.96. The van der Waals surface area contributed by atoms with Crippen molar-refractivity contribution in [3.63, 3.8) is 0 Å². The number of hydrogen-bond donors (Lipinski definition) is 1. The molecular formula is C12H9ClN2O2S. The smallest absolute Gasteiger partial charge is 0.267 e. The number of thiazole rings is 1. The van der Waals surface area contributed by atoms with Gasteiger partial charge < -0.3 is 4.74 Å². The van der Waals surface area contributed by atoms with Crippen molar-refractivity contribution in [2.24, 2.45) is 0 Å². The average molecular weight is 281 g/mol. The molecule has 0 aliphatic carbocycles. The zero-order valence-electron chi connectivity index (χ0n) is 9.22. The third-order valence-corrected chi connectivity index (χ3v) is 3.58. The van der Waals surface area contributed by atoms with Crippen molar-refractivity contribution in [3.8, 4) is 5.75 Å². The minimum atomic E-state index is -0.512. The molecule has 2 heterocycles. The molecule has 4 nitrogen and oxygen atoms in total. The van der Waals surface area contributed by atoms with Crippen molar-refractivity contribution < 1.29 is 9.53 Å². The summed E-state index contributed by atoms with van der Waals surface area (Å²) in [7, 11) is 0. The number of nitrogens with one attached hydrogen (secondary N) is 1. The molecule has 0 spiro atoms. The van der Waals surface area contributed by atoms with Gasteiger partial charge in [-0.1, -0.05) is 11.6 Å². The van der Waals surface area contributed by atoms with Gasteiger partial charge in [-0.3, -0.25) is 10.1 Å². The second-order valence-electron chi connectivity index (χ2n) is 3.89. The molecule has 1 aliphatic rings. The number of benzene rings is 1. The van der Waals surface area contributed by atoms with Gasteiger partial charge in [-0.2, -0.15) is 0 Å². The van der Waals surface area contributed by atoms with E-state index in [2.05, 4.69) is 10.3 Å². The number of amides is 1. The monoisotopic (exact) mass is 280 g/mol. The van der Waals surface area contributed by atoms with Gasteiger partial charge in [-0.05, 0) is 23.8 Å². The van der Waals surface area contributed by atoms with Gasteiger partial charge in [0, 0.05) is 23.0 Å². The quantitative estimate of drug-likeness (QED) is 0.920. The summed E-state index contributed by atoms with van der Waals surface area (Å²) in [4.78, 5) is 16.0. The van der Waals surface area contributed by atoms with Gasteiger partial charge in [0.1, 0.15) is 5.75 Å². The number of rotatable bonds is 2. The van der Waals surface area contributed by atoms with E-state index in [9.17, 15) is 4.79 Å². The van der Waals surface area contributed by atoms with E-state index in [1.54, 1.807) is 23.7 Å². The summed E-state index contributed by atoms with van der Waals surface area (Å²) < 4.78 is 5.58. The summed E-state index contributed by atoms with van der Waals surface area (Å²) in [5.74, 6) is 0.538. The molecule has 0 radical (unpaired) electrons. The minimum Gasteiger partial charge on any atom is -0.480 e. The Bertz CT molecular complexity index is 586. The summed E-state index contributed by atoms with van der Waals surface area (Å²) in [6, 6.07) is 5.36. The Morgan fingerprint density at radius 3 is 3.22 bits per heavy atom. The van der Waals surface area contributed by atoms with Crippen LogP contribution in [0.2, 0.25) is 5.02 Å². The van der Waals surface area contributed by atoms with Crippen LogP contribution in [-0.4, -0.2) is 17.0 Å². The number of hydrogen-bond acceptors (Lipinski definition) is 4. The predicted molar refractivity (Wildman–Crippen MR) is 70.3 cm³/mol. The highest BCUT2D eigenvalue weighted by atomic mass is 35.5. The highest BCUT2D eigenvalue weighted by Crippen LogP contribution is 2.31. The largest absolute Gasteiger partial charge is 0.480 e. The minimum absolute atomic E-state index is 0.183. The zero-order chi connectivity index (χ0) is 12.5. The molecule has 0 saturated heterocycles. The third-order valence-electron chi connectivity index (χ3n) is 2.65. The van der Waals surface area contributed by atoms with Crippen molar-refractivity contribution in [3.05, 3.63) is 40.4 Å². The number of fused-ring (bicyclic) bond motifs is 1. The van der Waals surface area contributed by atoms with Crippen LogP contribution in [0.25, 0.3) is 0 Å². The maximum absolute atomic E-state index is 12.0. The number of ether oxygens (including phenoxy) is 1. The van der Waals surface area contributed by atoms with Crippen molar-refractivity contribution in [1.82, 2.24) is 4.98 Å². The van der Waals surface area contributed by atoms with Gasteiger partial charge in [-0.15, -0.1) is 11.3 Å². The Kier molecular flexibility index (Phi) is 2.93. The molecule has 1 N–H and O–H groups in total. The molecule has 1 aromatic heterocycles. The van der Waals surface area contributed by atoms with Crippen molar-refractivity contribution in [1.29, 1.82) is 0 Å². The SMILES string of the molecule is O=C(Nc1nccs1)C1Cc2cc(Cl)ccc2O1. The molecule has 18 heavy (non-hydrogen) atoms. The van der Waals surface area contributed by atoms with Crippen LogP contribution in [-0.2, 0) is 11.2 Å². The number of nitrogens with zero attached hydrogens (tertiary/aromatic N) is 1. The lowest BCUT2D eigenvalue weighted by molar-refractivity contribution is -0.122. The molecule has 1 unspecified atom stereocenters. The summed E-state index contributed by atoms with van der Waals surface area (Å²) >= 11 is 7.28. The molecule has 2 aromatic rings. The van der Waals surface area contributed by atoms with Crippen LogP contribution in [0.4, 0.5) is 5.13 Å². The predicted octanol–water partition coefficient (Wildman–Crippen LogP) is 2.74. The first-order valence-electron chi connectivity index (χ1n) is 5.38. The second kappa shape index (κ2) is 4.59. The number of anilines is 1. The molecule has 0 fully saturated rings. The molecule has 1 atom stereocenters. The van der Waals surface area contributed by atoms with Crippen LogP contribution in [0.3, 0.4) is 0 Å². The fourth-order valence-electron chi connectivity index (χ4n) is 1.83. The fourth-order valence-corrected chi connectivity index (χ4v) is 2.56. The summed E-state index contributed by atoms with van der Waals surface area (Å²) in [6.45, 7) is 0. The van der Waals surface area contributed by atoms with Crippen molar-refractivity contribution in [2.45, 2.75) is 12.5 Å². The molecule has 1 aliphatic heterocycles. The molecular weight excluding hydrogens is 272 g/mol. The molecule has 1 amide bonds. The van der Waals surface area contributed by atoms with Crippen LogP contribution < -0.4 is 10.1 Å². The zero-order valence-corrected chi connectivity index (χ0v) is 10.8. The molecule has 6 heteroatoms. The van der Waals surface area contributed by atoms with Crippen LogP contribution in [0, 0.1) is 0 Å². The normalized spacial score (nSPS) is 17.1. The fraction of sp³-hybridized carbons (Fsp3) is 0.167. The Morgan fingerprint density at radius 1 is 1.56 bits per heavy atom. The number of carbonyl (C=O) groups excluding carboxylic acids is 1. The molecule has 0 bridgehead atoms. The van der Waals surface area contributed by atoms with E-state index in [0.717, 1.165) is 11.3 Å². The lowest BCUT2D eigenvalue weighted by atomic mass is 10.1. The summed E-state index contributed by atoms with van der Waals surface area (Å²) in [6.07, 6.45) is 1.67. The number of aromatic nitrogens is 1. The van der Waals surface area contributed by atoms with Crippen molar-refractivity contribution >= 4 is 34.0 Å². The Labute approximate surface area is 113 Å². The standard InChI is InChI=1S/C12H9ClN2O2S/c13-8-1-2-9-7(5-8)6-10(17-9)11(16)15-12-14-3-4-18-12/h1-5,10H,6H2,(H,14,15,16). The van der Waals surface area contributed by atoms with E-state index in [1.165, 1.54) is 11.3 Å². The van der Waals surface area contributed by atoms with E-state index in [0.29, 0.717) is 16.6 Å². The van der Waals surface area contributed by atoms with Gasteiger partial charge >= 0.3 is 0 Å². The third kappa shape index (κ3) is 2.19. The maximum atomic E-state index is 12.0. The van der Waals surface area contributed by atoms with Crippen LogP contribution in [0.5, 0.6) is 5.75 Å². The van der Waals surface area contributed by atoms with Gasteiger partial charge in [0.2, 0.25) is 0 Å². The van der Waals surface area contributed by atoms with Crippen molar-refractivity contribution in [2.75, 3.05) is 5.32 Å². The Hall–Kier alpha value is -1.59. The highest BCUT2D eigenvalue weighted by Gasteiger charge is 2.29. The molecule has 1 aromatic carbocycles. The lowest BCUT2D eigenvalue weighted by Crippen LogP contribution is -2.31. The second-order valence-corrected chi connectivity index (χ2v) is 5.22. The van der Waals surface area contributed by atoms with E-state index in [-0.39, 0.29) is 5.91 Å². The first-order valence-corrected chi connectivity index (χ1v) is 6.63. The van der Waals surface area contributed by atoms with Crippen LogP contribution in [0.1, 0.15) is 5.56 Å². The topological polar surface area (TPSA) is 51.2 Å². The Morgan fingerprint density at radius 2 is 2.44 bits per heavy atom. The van der Waals surface area contributed by atoms with Crippen LogP contribution in [0.15, 0.2) is 29.8 Å². The highest BCUT2D eigenvalue weighted by molar-refractivity contribution is 7.13. The van der Waals surface area contributed by atoms with E-state index in [4.69, 9.17) is 16.3 Å². The van der Waals surface area contributed by atoms with Gasteiger partial charge in [0.15, 0.2) is 11.2 Å². The first kappa shape index (κ1) is 11.5. The van der Waals surface area contributed by atoms with Crippen LogP contribution >= 0.6 is 22.9 Å². The molecule has 92 valence electrons.